The Labute approximate surface area is 112 Å². The summed E-state index contributed by atoms with van der Waals surface area (Å²) in [4.78, 5) is 24.4. The smallest absolute Gasteiger partial charge is 0.305 e. The Morgan fingerprint density at radius 2 is 2.21 bits per heavy atom. The third-order valence-corrected chi connectivity index (χ3v) is 3.48. The molecule has 1 saturated heterocycles. The van der Waals surface area contributed by atoms with E-state index >= 15 is 0 Å². The molecule has 0 bridgehead atoms. The maximum absolute atomic E-state index is 11.7. The molecule has 0 spiro atoms. The number of aliphatic carboxylic acids is 1. The number of carbonyl (C=O) groups is 2. The van der Waals surface area contributed by atoms with Crippen molar-refractivity contribution in [3.05, 3.63) is 29.3 Å². The van der Waals surface area contributed by atoms with E-state index in [0.29, 0.717) is 6.54 Å². The molecule has 1 aliphatic heterocycles. The van der Waals surface area contributed by atoms with Gasteiger partial charge in [0.2, 0.25) is 5.91 Å². The second-order valence-electron chi connectivity index (χ2n) is 4.96. The number of carboxylic acid groups (broad SMARTS) is 1. The van der Waals surface area contributed by atoms with E-state index in [4.69, 9.17) is 5.11 Å². The van der Waals surface area contributed by atoms with Gasteiger partial charge in [0.25, 0.3) is 0 Å². The highest BCUT2D eigenvalue weighted by Gasteiger charge is 2.27. The minimum Gasteiger partial charge on any atom is -0.481 e. The fourth-order valence-corrected chi connectivity index (χ4v) is 2.41. The van der Waals surface area contributed by atoms with Crippen LogP contribution in [-0.4, -0.2) is 36.1 Å². The van der Waals surface area contributed by atoms with Crippen molar-refractivity contribution in [2.75, 3.05) is 18.0 Å². The Kier molecular flexibility index (Phi) is 3.74. The predicted octanol–water partition coefficient (Wildman–Crippen LogP) is 1.08. The van der Waals surface area contributed by atoms with Crippen molar-refractivity contribution in [1.29, 1.82) is 0 Å². The molecule has 1 aromatic carbocycles. The van der Waals surface area contributed by atoms with E-state index in [2.05, 4.69) is 5.32 Å². The summed E-state index contributed by atoms with van der Waals surface area (Å²) in [6.45, 7) is 4.85. The minimum atomic E-state index is -0.895. The third kappa shape index (κ3) is 3.05. The number of amides is 1. The van der Waals surface area contributed by atoms with Crippen LogP contribution in [0, 0.1) is 13.8 Å². The first-order valence-electron chi connectivity index (χ1n) is 6.29. The van der Waals surface area contributed by atoms with Crippen LogP contribution in [0.2, 0.25) is 0 Å². The summed E-state index contributed by atoms with van der Waals surface area (Å²) >= 11 is 0. The van der Waals surface area contributed by atoms with Crippen LogP contribution in [0.15, 0.2) is 18.2 Å². The van der Waals surface area contributed by atoms with Crippen molar-refractivity contribution >= 4 is 17.6 Å². The first-order valence-corrected chi connectivity index (χ1v) is 6.29. The van der Waals surface area contributed by atoms with Gasteiger partial charge in [0, 0.05) is 12.2 Å². The molecule has 0 radical (unpaired) electrons. The molecule has 2 N–H and O–H groups in total. The molecule has 0 aromatic heterocycles. The number of carboxylic acids is 1. The summed E-state index contributed by atoms with van der Waals surface area (Å²) in [5.74, 6) is -1.02. The van der Waals surface area contributed by atoms with Crippen molar-refractivity contribution in [3.8, 4) is 0 Å². The number of benzene rings is 1. The molecule has 1 atom stereocenters. The Balaban J connectivity index is 2.21. The van der Waals surface area contributed by atoms with E-state index in [1.165, 1.54) is 5.56 Å². The van der Waals surface area contributed by atoms with Crippen LogP contribution in [0.5, 0.6) is 0 Å². The minimum absolute atomic E-state index is 0.0485. The Morgan fingerprint density at radius 1 is 1.47 bits per heavy atom. The average Bonchev–Trinajstić information content (AvgIpc) is 2.31. The molecule has 102 valence electrons. The van der Waals surface area contributed by atoms with E-state index < -0.39 is 5.97 Å². The van der Waals surface area contributed by atoms with Crippen LogP contribution in [-0.2, 0) is 9.59 Å². The van der Waals surface area contributed by atoms with Gasteiger partial charge in [-0.15, -0.1) is 0 Å². The van der Waals surface area contributed by atoms with E-state index in [9.17, 15) is 9.59 Å². The molecular weight excluding hydrogens is 244 g/mol. The SMILES string of the molecule is Cc1cccc(N2CC(=O)NC(CC(=O)O)C2)c1C. The summed E-state index contributed by atoms with van der Waals surface area (Å²) < 4.78 is 0. The van der Waals surface area contributed by atoms with E-state index in [1.807, 2.05) is 36.9 Å². The van der Waals surface area contributed by atoms with Crippen molar-refractivity contribution in [2.45, 2.75) is 26.3 Å². The van der Waals surface area contributed by atoms with Crippen molar-refractivity contribution in [1.82, 2.24) is 5.32 Å². The second-order valence-corrected chi connectivity index (χ2v) is 4.96. The van der Waals surface area contributed by atoms with E-state index in [0.717, 1.165) is 11.3 Å². The molecule has 5 heteroatoms. The number of piperazine rings is 1. The Morgan fingerprint density at radius 3 is 2.89 bits per heavy atom. The quantitative estimate of drug-likeness (QED) is 0.855. The molecule has 2 rings (SSSR count). The van der Waals surface area contributed by atoms with Crippen molar-refractivity contribution in [2.24, 2.45) is 0 Å². The zero-order valence-corrected chi connectivity index (χ0v) is 11.1. The topological polar surface area (TPSA) is 69.6 Å². The fraction of sp³-hybridized carbons (Fsp3) is 0.429. The number of nitrogens with zero attached hydrogens (tertiary/aromatic N) is 1. The number of rotatable bonds is 3. The number of nitrogens with one attached hydrogen (secondary N) is 1. The molecule has 1 heterocycles. The highest BCUT2D eigenvalue weighted by atomic mass is 16.4. The predicted molar refractivity (Wildman–Crippen MR) is 72.3 cm³/mol. The molecule has 1 unspecified atom stereocenters. The number of hydrogen-bond acceptors (Lipinski definition) is 3. The highest BCUT2D eigenvalue weighted by Crippen LogP contribution is 2.24. The molecule has 1 amide bonds. The first kappa shape index (κ1) is 13.4. The maximum Gasteiger partial charge on any atom is 0.305 e. The molecule has 1 aromatic rings. The molecule has 0 aliphatic carbocycles. The van der Waals surface area contributed by atoms with Gasteiger partial charge in [-0.1, -0.05) is 12.1 Å². The van der Waals surface area contributed by atoms with Gasteiger partial charge in [-0.25, -0.2) is 0 Å². The van der Waals surface area contributed by atoms with Gasteiger partial charge in [0.1, 0.15) is 0 Å². The lowest BCUT2D eigenvalue weighted by Gasteiger charge is -2.35. The highest BCUT2D eigenvalue weighted by molar-refractivity contribution is 5.84. The van der Waals surface area contributed by atoms with Crippen LogP contribution in [0.4, 0.5) is 5.69 Å². The normalized spacial score (nSPS) is 19.2. The van der Waals surface area contributed by atoms with Gasteiger partial charge in [-0.05, 0) is 31.0 Å². The molecule has 0 saturated carbocycles. The van der Waals surface area contributed by atoms with Crippen molar-refractivity contribution < 1.29 is 14.7 Å². The average molecular weight is 262 g/mol. The van der Waals surface area contributed by atoms with Crippen LogP contribution in [0.3, 0.4) is 0 Å². The zero-order chi connectivity index (χ0) is 14.0. The summed E-state index contributed by atoms with van der Waals surface area (Å²) in [7, 11) is 0. The lowest BCUT2D eigenvalue weighted by molar-refractivity contribution is -0.137. The summed E-state index contributed by atoms with van der Waals surface area (Å²) in [6, 6.07) is 5.62. The first-order chi connectivity index (χ1) is 8.97. The molecular formula is C14H18N2O3. The number of aryl methyl sites for hydroxylation is 1. The van der Waals surface area contributed by atoms with Crippen LogP contribution in [0.1, 0.15) is 17.5 Å². The summed E-state index contributed by atoms with van der Waals surface area (Å²) in [6.07, 6.45) is -0.0485. The number of hydrogen-bond donors (Lipinski definition) is 2. The van der Waals surface area contributed by atoms with Gasteiger partial charge in [-0.3, -0.25) is 9.59 Å². The van der Waals surface area contributed by atoms with Gasteiger partial charge in [-0.2, -0.15) is 0 Å². The van der Waals surface area contributed by atoms with Crippen LogP contribution in [0.25, 0.3) is 0 Å². The standard InChI is InChI=1S/C14H18N2O3/c1-9-4-3-5-12(10(9)2)16-7-11(6-14(18)19)15-13(17)8-16/h3-5,11H,6-8H2,1-2H3,(H,15,17)(H,18,19). The van der Waals surface area contributed by atoms with E-state index in [1.54, 1.807) is 0 Å². The molecule has 19 heavy (non-hydrogen) atoms. The van der Waals surface area contributed by atoms with Gasteiger partial charge < -0.3 is 15.3 Å². The Bertz CT molecular complexity index is 511. The van der Waals surface area contributed by atoms with E-state index in [-0.39, 0.29) is 24.9 Å². The van der Waals surface area contributed by atoms with Crippen LogP contribution < -0.4 is 10.2 Å². The molecule has 1 aliphatic rings. The lowest BCUT2D eigenvalue weighted by Crippen LogP contribution is -2.55. The summed E-state index contributed by atoms with van der Waals surface area (Å²) in [5, 5.41) is 11.6. The monoisotopic (exact) mass is 262 g/mol. The maximum atomic E-state index is 11.7. The molecule has 5 nitrogen and oxygen atoms in total. The number of carbonyl (C=O) groups excluding carboxylic acids is 1. The largest absolute Gasteiger partial charge is 0.481 e. The lowest BCUT2D eigenvalue weighted by atomic mass is 10.0. The Hall–Kier alpha value is -2.04. The summed E-state index contributed by atoms with van der Waals surface area (Å²) in [5.41, 5.74) is 3.30. The van der Waals surface area contributed by atoms with Gasteiger partial charge in [0.15, 0.2) is 0 Å². The third-order valence-electron chi connectivity index (χ3n) is 3.48. The zero-order valence-electron chi connectivity index (χ0n) is 11.1. The molecule has 1 fully saturated rings. The fourth-order valence-electron chi connectivity index (χ4n) is 2.41. The number of anilines is 1. The van der Waals surface area contributed by atoms with Gasteiger partial charge >= 0.3 is 5.97 Å². The van der Waals surface area contributed by atoms with Crippen LogP contribution >= 0.6 is 0 Å². The van der Waals surface area contributed by atoms with Crippen molar-refractivity contribution in [3.63, 3.8) is 0 Å². The van der Waals surface area contributed by atoms with Gasteiger partial charge in [0.05, 0.1) is 19.0 Å². The second kappa shape index (κ2) is 5.30.